The fraction of sp³-hybridized carbons (Fsp3) is 0.909. The molecule has 0 aromatic carbocycles. The van der Waals surface area contributed by atoms with Gasteiger partial charge in [-0.3, -0.25) is 4.79 Å². The molecule has 0 N–H and O–H groups in total. The zero-order valence-electron chi connectivity index (χ0n) is 10.2. The predicted octanol–water partition coefficient (Wildman–Crippen LogP) is 3.11. The first-order chi connectivity index (χ1) is 6.55. The van der Waals surface area contributed by atoms with E-state index in [-0.39, 0.29) is 0 Å². The van der Waals surface area contributed by atoms with Crippen LogP contribution in [0.1, 0.15) is 34.6 Å². The molecule has 15 heavy (non-hydrogen) atoms. The molecule has 0 bridgehead atoms. The van der Waals surface area contributed by atoms with Gasteiger partial charge in [0.05, 0.1) is 7.11 Å². The van der Waals surface area contributed by atoms with Crippen molar-refractivity contribution in [1.29, 1.82) is 0 Å². The lowest BCUT2D eigenvalue weighted by Gasteiger charge is -2.36. The Balaban J connectivity index is 5.21. The van der Waals surface area contributed by atoms with Gasteiger partial charge in [0.15, 0.2) is 0 Å². The van der Waals surface area contributed by atoms with E-state index in [4.69, 9.17) is 0 Å². The molecule has 90 valence electrons. The molecule has 0 rings (SSSR count). The second-order valence-corrected chi connectivity index (χ2v) is 5.15. The maximum absolute atomic E-state index is 13.8. The number of hydrogen-bond acceptors (Lipinski definition) is 2. The van der Waals surface area contributed by atoms with Crippen molar-refractivity contribution >= 4 is 5.97 Å². The molecular formula is C11H20F2O2. The Labute approximate surface area is 90.0 Å². The maximum atomic E-state index is 13.8. The smallest absolute Gasteiger partial charge is 0.315 e. The highest BCUT2D eigenvalue weighted by atomic mass is 19.3. The second kappa shape index (κ2) is 4.45. The van der Waals surface area contributed by atoms with Crippen molar-refractivity contribution in [3.8, 4) is 0 Å². The third-order valence-corrected chi connectivity index (χ3v) is 2.46. The quantitative estimate of drug-likeness (QED) is 0.686. The van der Waals surface area contributed by atoms with Crippen LogP contribution in [-0.4, -0.2) is 19.0 Å². The van der Waals surface area contributed by atoms with Crippen LogP contribution in [0.4, 0.5) is 8.78 Å². The molecular weight excluding hydrogens is 202 g/mol. The van der Waals surface area contributed by atoms with Crippen LogP contribution in [-0.2, 0) is 9.53 Å². The summed E-state index contributed by atoms with van der Waals surface area (Å²) in [6, 6.07) is 0. The molecule has 4 heteroatoms. The van der Waals surface area contributed by atoms with Gasteiger partial charge in [0, 0.05) is 5.92 Å². The summed E-state index contributed by atoms with van der Waals surface area (Å²) in [4.78, 5) is 11.4. The van der Waals surface area contributed by atoms with Crippen LogP contribution < -0.4 is 0 Å². The monoisotopic (exact) mass is 222 g/mol. The molecule has 0 aliphatic heterocycles. The highest BCUT2D eigenvalue weighted by Crippen LogP contribution is 2.43. The minimum atomic E-state index is -3.05. The number of carbonyl (C=O) groups is 1. The van der Waals surface area contributed by atoms with E-state index < -0.39 is 29.1 Å². The van der Waals surface area contributed by atoms with Crippen molar-refractivity contribution in [1.82, 2.24) is 0 Å². The Morgan fingerprint density at radius 1 is 1.20 bits per heavy atom. The van der Waals surface area contributed by atoms with Gasteiger partial charge < -0.3 is 4.74 Å². The first-order valence-electron chi connectivity index (χ1n) is 5.00. The number of methoxy groups -OCH3 is 1. The minimum absolute atomic E-state index is 0.819. The van der Waals surface area contributed by atoms with Crippen molar-refractivity contribution in [2.45, 2.75) is 40.5 Å². The molecule has 1 atom stereocenters. The van der Waals surface area contributed by atoms with Gasteiger partial charge in [-0.15, -0.1) is 0 Å². The Bertz CT molecular complexity index is 229. The molecule has 0 aliphatic carbocycles. The number of rotatable bonds is 3. The zero-order valence-corrected chi connectivity index (χ0v) is 10.2. The molecule has 1 unspecified atom stereocenters. The van der Waals surface area contributed by atoms with Crippen LogP contribution >= 0.6 is 0 Å². The van der Waals surface area contributed by atoms with Crippen LogP contribution in [0.3, 0.4) is 0 Å². The number of hydrogen-bond donors (Lipinski definition) is 0. The highest BCUT2D eigenvalue weighted by molar-refractivity contribution is 5.74. The van der Waals surface area contributed by atoms with Crippen molar-refractivity contribution in [2.75, 3.05) is 7.11 Å². The summed E-state index contributed by atoms with van der Waals surface area (Å²) in [7, 11) is 1.14. The lowest BCUT2D eigenvalue weighted by Crippen LogP contribution is -2.46. The third kappa shape index (κ3) is 3.14. The van der Waals surface area contributed by atoms with E-state index in [9.17, 15) is 13.6 Å². The lowest BCUT2D eigenvalue weighted by molar-refractivity contribution is -0.180. The average Bonchev–Trinajstić information content (AvgIpc) is 2.00. The third-order valence-electron chi connectivity index (χ3n) is 2.46. The molecule has 0 saturated carbocycles. The summed E-state index contributed by atoms with van der Waals surface area (Å²) in [5.74, 6) is -6.19. The Morgan fingerprint density at radius 3 is 1.80 bits per heavy atom. The van der Waals surface area contributed by atoms with E-state index in [1.165, 1.54) is 13.8 Å². The van der Waals surface area contributed by atoms with Crippen LogP contribution in [0.2, 0.25) is 0 Å². The van der Waals surface area contributed by atoms with E-state index in [1.807, 2.05) is 0 Å². The molecule has 0 spiro atoms. The molecule has 0 aromatic rings. The van der Waals surface area contributed by atoms with E-state index in [2.05, 4.69) is 4.74 Å². The zero-order chi connectivity index (χ0) is 12.4. The molecule has 0 amide bonds. The fourth-order valence-electron chi connectivity index (χ4n) is 1.54. The molecule has 2 nitrogen and oxygen atoms in total. The van der Waals surface area contributed by atoms with E-state index in [0.29, 0.717) is 0 Å². The van der Waals surface area contributed by atoms with E-state index in [1.54, 1.807) is 20.8 Å². The fourth-order valence-corrected chi connectivity index (χ4v) is 1.54. The summed E-state index contributed by atoms with van der Waals surface area (Å²) in [6.45, 7) is 7.66. The van der Waals surface area contributed by atoms with Gasteiger partial charge >= 0.3 is 5.97 Å². The number of alkyl halides is 2. The van der Waals surface area contributed by atoms with Crippen LogP contribution in [0.15, 0.2) is 0 Å². The van der Waals surface area contributed by atoms with Crippen molar-refractivity contribution in [3.05, 3.63) is 0 Å². The highest BCUT2D eigenvalue weighted by Gasteiger charge is 2.53. The first-order valence-corrected chi connectivity index (χ1v) is 5.00. The first kappa shape index (κ1) is 14.3. The summed E-state index contributed by atoms with van der Waals surface area (Å²) in [6.07, 6.45) is 0. The largest absolute Gasteiger partial charge is 0.469 e. The average molecular weight is 222 g/mol. The standard InChI is InChI=1S/C11H20F2O2/c1-7(2)11(12,13)8(9(14)15-6)10(3,4)5/h7-8H,1-6H3. The van der Waals surface area contributed by atoms with Gasteiger partial charge in [-0.2, -0.15) is 0 Å². The Kier molecular flexibility index (Phi) is 4.26. The van der Waals surface area contributed by atoms with E-state index >= 15 is 0 Å². The summed E-state index contributed by atoms with van der Waals surface area (Å²) >= 11 is 0. The number of ether oxygens (including phenoxy) is 1. The van der Waals surface area contributed by atoms with Gasteiger partial charge in [-0.05, 0) is 5.41 Å². The van der Waals surface area contributed by atoms with Crippen LogP contribution in [0.5, 0.6) is 0 Å². The Morgan fingerprint density at radius 2 is 1.60 bits per heavy atom. The Hall–Kier alpha value is -0.670. The minimum Gasteiger partial charge on any atom is -0.469 e. The molecule has 0 aromatic heterocycles. The van der Waals surface area contributed by atoms with E-state index in [0.717, 1.165) is 7.11 Å². The molecule has 0 heterocycles. The van der Waals surface area contributed by atoms with Gasteiger partial charge in [-0.1, -0.05) is 34.6 Å². The number of halogens is 2. The summed E-state index contributed by atoms with van der Waals surface area (Å²) in [5.41, 5.74) is -0.819. The van der Waals surface area contributed by atoms with Crippen molar-refractivity contribution in [2.24, 2.45) is 17.3 Å². The van der Waals surface area contributed by atoms with Crippen molar-refractivity contribution in [3.63, 3.8) is 0 Å². The molecule has 0 radical (unpaired) electrons. The lowest BCUT2D eigenvalue weighted by atomic mass is 9.73. The maximum Gasteiger partial charge on any atom is 0.315 e. The molecule has 0 aliphatic rings. The number of carbonyl (C=O) groups excluding carboxylic acids is 1. The van der Waals surface area contributed by atoms with Crippen LogP contribution in [0, 0.1) is 17.3 Å². The predicted molar refractivity (Wildman–Crippen MR) is 54.7 cm³/mol. The summed E-state index contributed by atoms with van der Waals surface area (Å²) in [5, 5.41) is 0. The van der Waals surface area contributed by atoms with Gasteiger partial charge in [0.2, 0.25) is 0 Å². The SMILES string of the molecule is COC(=O)C(C(C)(C)C)C(F)(F)C(C)C. The second-order valence-electron chi connectivity index (χ2n) is 5.15. The van der Waals surface area contributed by atoms with Gasteiger partial charge in [0.1, 0.15) is 5.92 Å². The van der Waals surface area contributed by atoms with Gasteiger partial charge in [0.25, 0.3) is 5.92 Å². The van der Waals surface area contributed by atoms with Crippen LogP contribution in [0.25, 0.3) is 0 Å². The van der Waals surface area contributed by atoms with Gasteiger partial charge in [-0.25, -0.2) is 8.78 Å². The number of esters is 1. The molecule has 0 fully saturated rings. The van der Waals surface area contributed by atoms with Crippen molar-refractivity contribution < 1.29 is 18.3 Å². The normalized spacial score (nSPS) is 15.3. The summed E-state index contributed by atoms with van der Waals surface area (Å²) < 4.78 is 32.1. The topological polar surface area (TPSA) is 26.3 Å². The molecule has 0 saturated heterocycles.